The van der Waals surface area contributed by atoms with Crippen LogP contribution in [0.5, 0.6) is 0 Å². The van der Waals surface area contributed by atoms with Crippen LogP contribution in [0.1, 0.15) is 6.42 Å². The van der Waals surface area contributed by atoms with Gasteiger partial charge in [-0.25, -0.2) is 9.97 Å². The van der Waals surface area contributed by atoms with Crippen LogP contribution in [-0.2, 0) is 0 Å². The molecule has 0 aromatic carbocycles. The second kappa shape index (κ2) is 6.31. The second-order valence-corrected chi connectivity index (χ2v) is 5.10. The zero-order chi connectivity index (χ0) is 13.0. The first-order chi connectivity index (χ1) is 8.72. The van der Waals surface area contributed by atoms with Crippen molar-refractivity contribution in [3.8, 4) is 0 Å². The number of aliphatic hydroxyl groups excluding tert-OH is 1. The highest BCUT2D eigenvalue weighted by molar-refractivity contribution is 9.10. The molecule has 0 radical (unpaired) electrons. The summed E-state index contributed by atoms with van der Waals surface area (Å²) in [6, 6.07) is 0. The number of nitrogens with two attached hydrogens (primary N) is 1. The van der Waals surface area contributed by atoms with E-state index in [0.29, 0.717) is 5.82 Å². The molecule has 0 unspecified atom stereocenters. The first-order valence-electron chi connectivity index (χ1n) is 6.06. The number of aliphatic hydroxyl groups is 1. The largest absolute Gasteiger partial charge is 0.395 e. The lowest BCUT2D eigenvalue weighted by Gasteiger charge is -2.23. The number of β-amino-alcohol motifs (C(OH)–C–C–N with tert-alkyl or cyclic N) is 1. The maximum atomic E-state index is 8.97. The molecule has 3 N–H and O–H groups in total. The summed E-state index contributed by atoms with van der Waals surface area (Å²) in [6.45, 7) is 4.71. The topological polar surface area (TPSA) is 78.5 Å². The third kappa shape index (κ3) is 3.09. The van der Waals surface area contributed by atoms with Crippen molar-refractivity contribution in [2.75, 3.05) is 50.0 Å². The van der Waals surface area contributed by atoms with E-state index in [1.165, 1.54) is 6.33 Å². The number of hydrogen-bond donors (Lipinski definition) is 2. The van der Waals surface area contributed by atoms with Gasteiger partial charge in [-0.1, -0.05) is 0 Å². The number of aromatic nitrogens is 2. The van der Waals surface area contributed by atoms with Crippen LogP contribution in [0.3, 0.4) is 0 Å². The van der Waals surface area contributed by atoms with E-state index in [1.807, 2.05) is 0 Å². The number of rotatable bonds is 3. The third-order valence-electron chi connectivity index (χ3n) is 3.10. The van der Waals surface area contributed by atoms with E-state index in [2.05, 4.69) is 35.7 Å². The van der Waals surface area contributed by atoms with Crippen LogP contribution in [-0.4, -0.2) is 59.3 Å². The summed E-state index contributed by atoms with van der Waals surface area (Å²) >= 11 is 3.44. The van der Waals surface area contributed by atoms with Crippen molar-refractivity contribution in [1.82, 2.24) is 14.9 Å². The van der Waals surface area contributed by atoms with Crippen LogP contribution in [0.25, 0.3) is 0 Å². The van der Waals surface area contributed by atoms with Gasteiger partial charge < -0.3 is 15.7 Å². The molecule has 7 heteroatoms. The lowest BCUT2D eigenvalue weighted by molar-refractivity contribution is 0.204. The van der Waals surface area contributed by atoms with Crippen molar-refractivity contribution < 1.29 is 5.11 Å². The molecule has 2 heterocycles. The van der Waals surface area contributed by atoms with Gasteiger partial charge in [0.1, 0.15) is 22.4 Å². The van der Waals surface area contributed by atoms with Crippen LogP contribution in [0.15, 0.2) is 10.8 Å². The lowest BCUT2D eigenvalue weighted by Crippen LogP contribution is -2.33. The van der Waals surface area contributed by atoms with Crippen molar-refractivity contribution >= 4 is 27.6 Å². The molecule has 1 fully saturated rings. The Balaban J connectivity index is 2.07. The van der Waals surface area contributed by atoms with Gasteiger partial charge >= 0.3 is 0 Å². The van der Waals surface area contributed by atoms with E-state index < -0.39 is 0 Å². The van der Waals surface area contributed by atoms with Crippen molar-refractivity contribution in [1.29, 1.82) is 0 Å². The Bertz CT molecular complexity index is 403. The summed E-state index contributed by atoms with van der Waals surface area (Å²) < 4.78 is 0.764. The van der Waals surface area contributed by atoms with Crippen LogP contribution in [0, 0.1) is 0 Å². The molecule has 1 aromatic rings. The van der Waals surface area contributed by atoms with Crippen molar-refractivity contribution in [3.05, 3.63) is 10.8 Å². The predicted octanol–water partition coefficient (Wildman–Crippen LogP) is 0.326. The van der Waals surface area contributed by atoms with Crippen molar-refractivity contribution in [2.24, 2.45) is 0 Å². The molecule has 0 amide bonds. The summed E-state index contributed by atoms with van der Waals surface area (Å²) in [5, 5.41) is 8.97. The number of hydrogen-bond acceptors (Lipinski definition) is 6. The fraction of sp³-hybridized carbons (Fsp3) is 0.636. The quantitative estimate of drug-likeness (QED) is 0.836. The maximum absolute atomic E-state index is 8.97. The normalized spacial score (nSPS) is 17.8. The molecule has 100 valence electrons. The molecule has 0 spiro atoms. The smallest absolute Gasteiger partial charge is 0.148 e. The molecule has 0 atom stereocenters. The van der Waals surface area contributed by atoms with Gasteiger partial charge in [-0.15, -0.1) is 0 Å². The fourth-order valence-corrected chi connectivity index (χ4v) is 2.60. The van der Waals surface area contributed by atoms with E-state index in [1.54, 1.807) is 0 Å². The summed E-state index contributed by atoms with van der Waals surface area (Å²) in [4.78, 5) is 12.7. The summed E-state index contributed by atoms with van der Waals surface area (Å²) in [7, 11) is 0. The van der Waals surface area contributed by atoms with Gasteiger partial charge in [-0.2, -0.15) is 0 Å². The Morgan fingerprint density at radius 1 is 1.28 bits per heavy atom. The van der Waals surface area contributed by atoms with E-state index in [4.69, 9.17) is 10.8 Å². The predicted molar refractivity (Wildman–Crippen MR) is 74.5 cm³/mol. The monoisotopic (exact) mass is 315 g/mol. The Kier molecular flexibility index (Phi) is 4.73. The summed E-state index contributed by atoms with van der Waals surface area (Å²) in [6.07, 6.45) is 2.54. The number of anilines is 2. The molecule has 18 heavy (non-hydrogen) atoms. The fourth-order valence-electron chi connectivity index (χ4n) is 2.14. The number of nitrogen functional groups attached to an aromatic ring is 1. The average molecular weight is 316 g/mol. The molecule has 1 aliphatic rings. The van der Waals surface area contributed by atoms with E-state index in [9.17, 15) is 0 Å². The highest BCUT2D eigenvalue weighted by Crippen LogP contribution is 2.27. The molecule has 1 saturated heterocycles. The Morgan fingerprint density at radius 2 is 2.11 bits per heavy atom. The Labute approximate surface area is 115 Å². The van der Waals surface area contributed by atoms with Gasteiger partial charge in [0.2, 0.25) is 0 Å². The zero-order valence-corrected chi connectivity index (χ0v) is 11.8. The van der Waals surface area contributed by atoms with Gasteiger partial charge in [-0.05, 0) is 28.9 Å². The van der Waals surface area contributed by atoms with Crippen LogP contribution >= 0.6 is 15.9 Å². The summed E-state index contributed by atoms with van der Waals surface area (Å²) in [5.41, 5.74) is 5.77. The SMILES string of the molecule is Nc1ncnc(N2CCCN(CCO)CC2)c1Br. The van der Waals surface area contributed by atoms with Crippen LogP contribution < -0.4 is 10.6 Å². The molecule has 1 aliphatic heterocycles. The molecule has 2 rings (SSSR count). The molecular formula is C11H18BrN5O. The molecule has 6 nitrogen and oxygen atoms in total. The molecule has 0 saturated carbocycles. The number of halogens is 1. The highest BCUT2D eigenvalue weighted by Gasteiger charge is 2.18. The van der Waals surface area contributed by atoms with Gasteiger partial charge in [0.15, 0.2) is 0 Å². The van der Waals surface area contributed by atoms with Crippen LogP contribution in [0.4, 0.5) is 11.6 Å². The second-order valence-electron chi connectivity index (χ2n) is 4.30. The van der Waals surface area contributed by atoms with Gasteiger partial charge in [-0.3, -0.25) is 4.90 Å². The Hall–Kier alpha value is -0.920. The van der Waals surface area contributed by atoms with Crippen LogP contribution in [0.2, 0.25) is 0 Å². The van der Waals surface area contributed by atoms with Gasteiger partial charge in [0, 0.05) is 26.2 Å². The highest BCUT2D eigenvalue weighted by atomic mass is 79.9. The first kappa shape index (κ1) is 13.5. The van der Waals surface area contributed by atoms with Crippen molar-refractivity contribution in [2.45, 2.75) is 6.42 Å². The van der Waals surface area contributed by atoms with Crippen molar-refractivity contribution in [3.63, 3.8) is 0 Å². The van der Waals surface area contributed by atoms with Gasteiger partial charge in [0.05, 0.1) is 6.61 Å². The van der Waals surface area contributed by atoms with E-state index in [-0.39, 0.29) is 6.61 Å². The minimum Gasteiger partial charge on any atom is -0.395 e. The minimum atomic E-state index is 0.212. The lowest BCUT2D eigenvalue weighted by atomic mass is 10.3. The molecule has 1 aromatic heterocycles. The third-order valence-corrected chi connectivity index (χ3v) is 3.86. The molecular weight excluding hydrogens is 298 g/mol. The van der Waals surface area contributed by atoms with Gasteiger partial charge in [0.25, 0.3) is 0 Å². The standard InChI is InChI=1S/C11H18BrN5O/c12-9-10(13)14-8-15-11(9)17-3-1-2-16(4-5-17)6-7-18/h8,18H,1-7H2,(H2,13,14,15). The molecule has 0 aliphatic carbocycles. The maximum Gasteiger partial charge on any atom is 0.148 e. The van der Waals surface area contributed by atoms with E-state index in [0.717, 1.165) is 49.4 Å². The van der Waals surface area contributed by atoms with E-state index >= 15 is 0 Å². The average Bonchev–Trinajstić information content (AvgIpc) is 2.59. The summed E-state index contributed by atoms with van der Waals surface area (Å²) in [5.74, 6) is 1.32. The zero-order valence-electron chi connectivity index (χ0n) is 10.2. The first-order valence-corrected chi connectivity index (χ1v) is 6.86. The minimum absolute atomic E-state index is 0.212. The Morgan fingerprint density at radius 3 is 2.89 bits per heavy atom. The molecule has 0 bridgehead atoms. The number of nitrogens with zero attached hydrogens (tertiary/aromatic N) is 4.